The van der Waals surface area contributed by atoms with Gasteiger partial charge in [-0.2, -0.15) is 13.9 Å². The van der Waals surface area contributed by atoms with Gasteiger partial charge >= 0.3 is 18.4 Å². The SMILES string of the molecule is Cc1ccc(NC(=O)C(=O)N/N=C\c2ccccc2OC(F)F)cc1. The van der Waals surface area contributed by atoms with Crippen LogP contribution in [0, 0.1) is 6.92 Å². The first kappa shape index (κ1) is 18.1. The fourth-order valence-corrected chi connectivity index (χ4v) is 1.83. The van der Waals surface area contributed by atoms with Gasteiger partial charge in [-0.1, -0.05) is 29.8 Å². The van der Waals surface area contributed by atoms with Crippen LogP contribution in [-0.4, -0.2) is 24.6 Å². The third-order valence-electron chi connectivity index (χ3n) is 3.02. The number of alkyl halides is 2. The van der Waals surface area contributed by atoms with E-state index in [-0.39, 0.29) is 11.3 Å². The van der Waals surface area contributed by atoms with Crippen molar-refractivity contribution in [1.29, 1.82) is 0 Å². The van der Waals surface area contributed by atoms with Crippen LogP contribution in [0.25, 0.3) is 0 Å². The van der Waals surface area contributed by atoms with Crippen LogP contribution < -0.4 is 15.5 Å². The van der Waals surface area contributed by atoms with E-state index in [1.165, 1.54) is 18.2 Å². The van der Waals surface area contributed by atoms with E-state index in [1.54, 1.807) is 30.3 Å². The summed E-state index contributed by atoms with van der Waals surface area (Å²) in [6.45, 7) is -1.09. The van der Waals surface area contributed by atoms with Crippen LogP contribution in [0.3, 0.4) is 0 Å². The second-order valence-electron chi connectivity index (χ2n) is 4.94. The van der Waals surface area contributed by atoms with Crippen molar-refractivity contribution in [3.63, 3.8) is 0 Å². The predicted molar refractivity (Wildman–Crippen MR) is 88.6 cm³/mol. The summed E-state index contributed by atoms with van der Waals surface area (Å²) in [7, 11) is 0. The van der Waals surface area contributed by atoms with Gasteiger partial charge in [0.1, 0.15) is 5.75 Å². The normalized spacial score (nSPS) is 10.7. The lowest BCUT2D eigenvalue weighted by Crippen LogP contribution is -2.32. The van der Waals surface area contributed by atoms with Crippen molar-refractivity contribution in [1.82, 2.24) is 5.43 Å². The van der Waals surface area contributed by atoms with E-state index in [2.05, 4.69) is 15.2 Å². The van der Waals surface area contributed by atoms with E-state index in [0.29, 0.717) is 5.69 Å². The van der Waals surface area contributed by atoms with E-state index in [0.717, 1.165) is 11.8 Å². The molecule has 6 nitrogen and oxygen atoms in total. The molecule has 0 heterocycles. The number of nitrogens with zero attached hydrogens (tertiary/aromatic N) is 1. The van der Waals surface area contributed by atoms with Gasteiger partial charge < -0.3 is 10.1 Å². The first-order chi connectivity index (χ1) is 12.0. The number of hydrogen-bond donors (Lipinski definition) is 2. The first-order valence-corrected chi connectivity index (χ1v) is 7.20. The zero-order chi connectivity index (χ0) is 18.2. The number of nitrogens with one attached hydrogen (secondary N) is 2. The molecule has 2 N–H and O–H groups in total. The van der Waals surface area contributed by atoms with Crippen molar-refractivity contribution >= 4 is 23.7 Å². The van der Waals surface area contributed by atoms with Crippen molar-refractivity contribution in [3.05, 3.63) is 59.7 Å². The highest BCUT2D eigenvalue weighted by Gasteiger charge is 2.13. The van der Waals surface area contributed by atoms with Gasteiger partial charge in [-0.3, -0.25) is 9.59 Å². The van der Waals surface area contributed by atoms with Gasteiger partial charge in [0.15, 0.2) is 0 Å². The quantitative estimate of drug-likeness (QED) is 0.496. The maximum Gasteiger partial charge on any atom is 0.387 e. The number of carbonyl (C=O) groups is 2. The fraction of sp³-hybridized carbons (Fsp3) is 0.118. The molecule has 0 radical (unpaired) electrons. The third kappa shape index (κ3) is 5.69. The molecule has 2 rings (SSSR count). The van der Waals surface area contributed by atoms with Crippen molar-refractivity contribution in [3.8, 4) is 5.75 Å². The lowest BCUT2D eigenvalue weighted by molar-refractivity contribution is -0.136. The van der Waals surface area contributed by atoms with Crippen LogP contribution in [0.5, 0.6) is 5.75 Å². The molecular weight excluding hydrogens is 332 g/mol. The Labute approximate surface area is 142 Å². The highest BCUT2D eigenvalue weighted by Crippen LogP contribution is 2.18. The summed E-state index contributed by atoms with van der Waals surface area (Å²) in [6.07, 6.45) is 1.11. The summed E-state index contributed by atoms with van der Waals surface area (Å²) in [5.41, 5.74) is 3.72. The largest absolute Gasteiger partial charge is 0.434 e. The highest BCUT2D eigenvalue weighted by atomic mass is 19.3. The molecule has 25 heavy (non-hydrogen) atoms. The van der Waals surface area contributed by atoms with Crippen LogP contribution in [0.4, 0.5) is 14.5 Å². The number of hydrogen-bond acceptors (Lipinski definition) is 4. The Morgan fingerprint density at radius 2 is 1.76 bits per heavy atom. The number of rotatable bonds is 5. The number of benzene rings is 2. The van der Waals surface area contributed by atoms with Crippen LogP contribution in [0.1, 0.15) is 11.1 Å². The molecule has 2 amide bonds. The standard InChI is InChI=1S/C17H15F2N3O3/c1-11-6-8-13(9-7-11)21-15(23)16(24)22-20-10-12-4-2-3-5-14(12)25-17(18)19/h2-10,17H,1H3,(H,21,23)(H,22,24)/b20-10-. The Morgan fingerprint density at radius 3 is 2.44 bits per heavy atom. The molecule has 0 aliphatic rings. The minimum Gasteiger partial charge on any atom is -0.434 e. The van der Waals surface area contributed by atoms with Gasteiger partial charge in [-0.15, -0.1) is 0 Å². The van der Waals surface area contributed by atoms with E-state index >= 15 is 0 Å². The number of anilines is 1. The monoisotopic (exact) mass is 347 g/mol. The van der Waals surface area contributed by atoms with Crippen LogP contribution >= 0.6 is 0 Å². The van der Waals surface area contributed by atoms with E-state index in [1.807, 2.05) is 12.3 Å². The number of halogens is 2. The molecule has 0 aliphatic heterocycles. The lowest BCUT2D eigenvalue weighted by atomic mass is 10.2. The molecule has 0 atom stereocenters. The molecule has 0 fully saturated rings. The molecule has 0 saturated carbocycles. The Balaban J connectivity index is 1.94. The Hall–Kier alpha value is -3.29. The molecule has 0 spiro atoms. The zero-order valence-corrected chi connectivity index (χ0v) is 13.2. The van der Waals surface area contributed by atoms with E-state index in [4.69, 9.17) is 0 Å². The summed E-state index contributed by atoms with van der Waals surface area (Å²) in [5.74, 6) is -2.00. The smallest absolute Gasteiger partial charge is 0.387 e. The van der Waals surface area contributed by atoms with Gasteiger partial charge in [-0.05, 0) is 31.2 Å². The molecule has 2 aromatic rings. The Bertz CT molecular complexity index is 777. The lowest BCUT2D eigenvalue weighted by Gasteiger charge is -2.07. The van der Waals surface area contributed by atoms with Gasteiger partial charge in [0, 0.05) is 11.3 Å². The second-order valence-corrected chi connectivity index (χ2v) is 4.94. The third-order valence-corrected chi connectivity index (χ3v) is 3.02. The molecule has 8 heteroatoms. The van der Waals surface area contributed by atoms with Gasteiger partial charge in [0.05, 0.1) is 6.21 Å². The average Bonchev–Trinajstić information content (AvgIpc) is 2.58. The summed E-state index contributed by atoms with van der Waals surface area (Å²) in [5, 5.41) is 5.98. The molecule has 0 bridgehead atoms. The van der Waals surface area contributed by atoms with Crippen LogP contribution in [-0.2, 0) is 9.59 Å². The van der Waals surface area contributed by atoms with E-state index < -0.39 is 18.4 Å². The maximum atomic E-state index is 12.3. The number of hydrazone groups is 1. The Kier molecular flexibility index (Phi) is 6.16. The van der Waals surface area contributed by atoms with Gasteiger partial charge in [-0.25, -0.2) is 5.43 Å². The van der Waals surface area contributed by atoms with Crippen LogP contribution in [0.2, 0.25) is 0 Å². The molecular formula is C17H15F2N3O3. The zero-order valence-electron chi connectivity index (χ0n) is 13.2. The molecule has 0 saturated heterocycles. The average molecular weight is 347 g/mol. The Morgan fingerprint density at radius 1 is 1.08 bits per heavy atom. The minimum atomic E-state index is -2.98. The number of carbonyl (C=O) groups excluding carboxylic acids is 2. The maximum absolute atomic E-state index is 12.3. The number of para-hydroxylation sites is 1. The topological polar surface area (TPSA) is 79.8 Å². The molecule has 0 aliphatic carbocycles. The predicted octanol–water partition coefficient (Wildman–Crippen LogP) is 2.69. The van der Waals surface area contributed by atoms with Crippen molar-refractivity contribution < 1.29 is 23.1 Å². The molecule has 0 aromatic heterocycles. The summed E-state index contributed by atoms with van der Waals surface area (Å²) < 4.78 is 28.9. The van der Waals surface area contributed by atoms with Crippen molar-refractivity contribution in [2.75, 3.05) is 5.32 Å². The fourth-order valence-electron chi connectivity index (χ4n) is 1.83. The van der Waals surface area contributed by atoms with Crippen molar-refractivity contribution in [2.24, 2.45) is 5.10 Å². The van der Waals surface area contributed by atoms with Gasteiger partial charge in [0.2, 0.25) is 0 Å². The molecule has 0 unspecified atom stereocenters. The van der Waals surface area contributed by atoms with E-state index in [9.17, 15) is 18.4 Å². The minimum absolute atomic E-state index is 0.0976. The summed E-state index contributed by atoms with van der Waals surface area (Å²) >= 11 is 0. The van der Waals surface area contributed by atoms with Crippen LogP contribution in [0.15, 0.2) is 53.6 Å². The number of amides is 2. The van der Waals surface area contributed by atoms with Crippen molar-refractivity contribution in [2.45, 2.75) is 13.5 Å². The molecule has 130 valence electrons. The summed E-state index contributed by atoms with van der Waals surface area (Å²) in [4.78, 5) is 23.4. The second kappa shape index (κ2) is 8.53. The highest BCUT2D eigenvalue weighted by molar-refractivity contribution is 6.39. The number of aryl methyl sites for hydroxylation is 1. The number of ether oxygens (including phenoxy) is 1. The molecule has 2 aromatic carbocycles. The first-order valence-electron chi connectivity index (χ1n) is 7.20. The van der Waals surface area contributed by atoms with Gasteiger partial charge in [0.25, 0.3) is 0 Å². The summed E-state index contributed by atoms with van der Waals surface area (Å²) in [6, 6.07) is 12.8.